The van der Waals surface area contributed by atoms with E-state index in [-0.39, 0.29) is 11.8 Å². The number of aliphatic hydroxyl groups is 1. The summed E-state index contributed by atoms with van der Waals surface area (Å²) in [5.41, 5.74) is -0.584. The molecule has 4 rings (SSSR count). The summed E-state index contributed by atoms with van der Waals surface area (Å²) in [6, 6.07) is 9.69. The summed E-state index contributed by atoms with van der Waals surface area (Å²) in [4.78, 5) is 18.1. The molecule has 2 aliphatic carbocycles. The SMILES string of the molecule is O=C(N1CCN(CC2CCCCCC2)CC1)[C@](O)(c1ccccc1)C1CCCC1. The number of carbonyl (C=O) groups is 1. The summed E-state index contributed by atoms with van der Waals surface area (Å²) >= 11 is 0. The number of hydrogen-bond donors (Lipinski definition) is 1. The molecule has 160 valence electrons. The molecule has 1 aliphatic heterocycles. The molecule has 1 N–H and O–H groups in total. The third kappa shape index (κ3) is 4.69. The molecule has 1 aromatic carbocycles. The second-order valence-electron chi connectivity index (χ2n) is 9.56. The van der Waals surface area contributed by atoms with Gasteiger partial charge in [-0.15, -0.1) is 0 Å². The number of nitrogens with zero attached hydrogens (tertiary/aromatic N) is 2. The van der Waals surface area contributed by atoms with Crippen LogP contribution in [0.15, 0.2) is 30.3 Å². The highest BCUT2D eigenvalue weighted by Gasteiger charge is 2.48. The molecule has 1 atom stereocenters. The fraction of sp³-hybridized carbons (Fsp3) is 0.720. The van der Waals surface area contributed by atoms with Crippen LogP contribution in [-0.4, -0.2) is 53.5 Å². The first-order valence-electron chi connectivity index (χ1n) is 12.0. The summed E-state index contributed by atoms with van der Waals surface area (Å²) in [5, 5.41) is 11.8. The number of piperazine rings is 1. The standard InChI is InChI=1S/C25H38N2O2/c28-24(25(29,23-14-8-9-15-23)22-12-6-3-7-13-22)27-18-16-26(17-19-27)20-21-10-4-1-2-5-11-21/h3,6-7,12-13,21,23,29H,1-2,4-5,8-11,14-20H2/t25-/m0/s1. The highest BCUT2D eigenvalue weighted by Crippen LogP contribution is 2.42. The maximum absolute atomic E-state index is 13.6. The van der Waals surface area contributed by atoms with E-state index >= 15 is 0 Å². The Balaban J connectivity index is 1.40. The van der Waals surface area contributed by atoms with Crippen molar-refractivity contribution in [1.82, 2.24) is 9.80 Å². The van der Waals surface area contributed by atoms with E-state index in [9.17, 15) is 9.90 Å². The van der Waals surface area contributed by atoms with Crippen molar-refractivity contribution in [2.75, 3.05) is 32.7 Å². The largest absolute Gasteiger partial charge is 0.375 e. The third-order valence-electron chi connectivity index (χ3n) is 7.64. The van der Waals surface area contributed by atoms with Gasteiger partial charge in [-0.25, -0.2) is 0 Å². The zero-order chi connectivity index (χ0) is 20.1. The van der Waals surface area contributed by atoms with E-state index in [1.165, 1.54) is 45.1 Å². The topological polar surface area (TPSA) is 43.8 Å². The molecule has 4 heteroatoms. The van der Waals surface area contributed by atoms with Gasteiger partial charge in [0.05, 0.1) is 0 Å². The molecule has 1 saturated heterocycles. The lowest BCUT2D eigenvalue weighted by Crippen LogP contribution is -2.57. The fourth-order valence-corrected chi connectivity index (χ4v) is 5.86. The Kier molecular flexibility index (Phi) is 6.92. The Hall–Kier alpha value is -1.39. The van der Waals surface area contributed by atoms with E-state index in [4.69, 9.17) is 0 Å². The molecule has 29 heavy (non-hydrogen) atoms. The van der Waals surface area contributed by atoms with Gasteiger partial charge >= 0.3 is 0 Å². The van der Waals surface area contributed by atoms with E-state index < -0.39 is 5.60 Å². The summed E-state index contributed by atoms with van der Waals surface area (Å²) in [6.45, 7) is 4.56. The molecule has 0 spiro atoms. The first-order valence-corrected chi connectivity index (χ1v) is 12.0. The first kappa shape index (κ1) is 20.9. The lowest BCUT2D eigenvalue weighted by Gasteiger charge is -2.42. The molecule has 0 aromatic heterocycles. The van der Waals surface area contributed by atoms with Crippen molar-refractivity contribution in [1.29, 1.82) is 0 Å². The second-order valence-corrected chi connectivity index (χ2v) is 9.56. The van der Waals surface area contributed by atoms with Crippen LogP contribution in [0.4, 0.5) is 0 Å². The lowest BCUT2D eigenvalue weighted by atomic mass is 9.79. The molecule has 4 nitrogen and oxygen atoms in total. The van der Waals surface area contributed by atoms with Gasteiger partial charge in [0.1, 0.15) is 0 Å². The number of amides is 1. The van der Waals surface area contributed by atoms with E-state index in [0.717, 1.165) is 63.3 Å². The molecular weight excluding hydrogens is 360 g/mol. The molecule has 1 aromatic rings. The van der Waals surface area contributed by atoms with Crippen LogP contribution in [0.1, 0.15) is 69.8 Å². The lowest BCUT2D eigenvalue weighted by molar-refractivity contribution is -0.161. The molecule has 0 unspecified atom stereocenters. The van der Waals surface area contributed by atoms with Crippen LogP contribution in [0, 0.1) is 11.8 Å². The summed E-state index contributed by atoms with van der Waals surface area (Å²) in [6.07, 6.45) is 12.4. The molecule has 1 amide bonds. The number of hydrogen-bond acceptors (Lipinski definition) is 3. The Morgan fingerprint density at radius 1 is 0.862 bits per heavy atom. The van der Waals surface area contributed by atoms with Gasteiger partial charge in [-0.2, -0.15) is 0 Å². The Morgan fingerprint density at radius 3 is 2.07 bits per heavy atom. The Bertz CT molecular complexity index is 642. The van der Waals surface area contributed by atoms with Crippen LogP contribution < -0.4 is 0 Å². The zero-order valence-corrected chi connectivity index (χ0v) is 17.9. The van der Waals surface area contributed by atoms with Crippen LogP contribution in [0.2, 0.25) is 0 Å². The van der Waals surface area contributed by atoms with Crippen molar-refractivity contribution in [2.24, 2.45) is 11.8 Å². The van der Waals surface area contributed by atoms with Crippen molar-refractivity contribution in [3.8, 4) is 0 Å². The van der Waals surface area contributed by atoms with Crippen molar-refractivity contribution in [3.63, 3.8) is 0 Å². The van der Waals surface area contributed by atoms with E-state index in [2.05, 4.69) is 4.90 Å². The second kappa shape index (κ2) is 9.61. The van der Waals surface area contributed by atoms with E-state index in [1.807, 2.05) is 35.2 Å². The predicted octanol–water partition coefficient (Wildman–Crippen LogP) is 4.18. The van der Waals surface area contributed by atoms with Gasteiger partial charge in [0.2, 0.25) is 0 Å². The zero-order valence-electron chi connectivity index (χ0n) is 17.9. The predicted molar refractivity (Wildman–Crippen MR) is 117 cm³/mol. The Morgan fingerprint density at radius 2 is 1.45 bits per heavy atom. The van der Waals surface area contributed by atoms with Gasteiger partial charge < -0.3 is 10.0 Å². The number of rotatable bonds is 5. The maximum Gasteiger partial charge on any atom is 0.259 e. The van der Waals surface area contributed by atoms with Crippen LogP contribution in [0.25, 0.3) is 0 Å². The molecular formula is C25H38N2O2. The normalized spacial score (nSPS) is 24.9. The van der Waals surface area contributed by atoms with Crippen LogP contribution in [0.3, 0.4) is 0 Å². The number of benzene rings is 1. The summed E-state index contributed by atoms with van der Waals surface area (Å²) in [7, 11) is 0. The average molecular weight is 399 g/mol. The summed E-state index contributed by atoms with van der Waals surface area (Å²) in [5.74, 6) is 0.811. The minimum absolute atomic E-state index is 0.0430. The van der Waals surface area contributed by atoms with Crippen molar-refractivity contribution < 1.29 is 9.90 Å². The molecule has 0 radical (unpaired) electrons. The summed E-state index contributed by atoms with van der Waals surface area (Å²) < 4.78 is 0. The van der Waals surface area contributed by atoms with Gasteiger partial charge in [-0.3, -0.25) is 9.69 Å². The third-order valence-corrected chi connectivity index (χ3v) is 7.64. The van der Waals surface area contributed by atoms with E-state index in [1.54, 1.807) is 0 Å². The quantitative estimate of drug-likeness (QED) is 0.757. The van der Waals surface area contributed by atoms with Gasteiger partial charge in [-0.05, 0) is 37.2 Å². The monoisotopic (exact) mass is 398 g/mol. The first-order chi connectivity index (χ1) is 14.2. The van der Waals surface area contributed by atoms with Crippen LogP contribution in [-0.2, 0) is 10.4 Å². The van der Waals surface area contributed by atoms with Crippen molar-refractivity contribution in [2.45, 2.75) is 69.8 Å². The van der Waals surface area contributed by atoms with Gasteiger partial charge in [0, 0.05) is 38.6 Å². The van der Waals surface area contributed by atoms with Crippen molar-refractivity contribution in [3.05, 3.63) is 35.9 Å². The highest BCUT2D eigenvalue weighted by atomic mass is 16.3. The molecule has 3 fully saturated rings. The Labute approximate surface area is 176 Å². The van der Waals surface area contributed by atoms with Gasteiger partial charge in [-0.1, -0.05) is 68.9 Å². The highest BCUT2D eigenvalue weighted by molar-refractivity contribution is 5.87. The van der Waals surface area contributed by atoms with Crippen LogP contribution >= 0.6 is 0 Å². The van der Waals surface area contributed by atoms with E-state index in [0.29, 0.717) is 0 Å². The molecule has 0 bridgehead atoms. The number of carbonyl (C=O) groups excluding carboxylic acids is 1. The molecule has 2 saturated carbocycles. The van der Waals surface area contributed by atoms with Gasteiger partial charge in [0.15, 0.2) is 5.60 Å². The van der Waals surface area contributed by atoms with Crippen LogP contribution in [0.5, 0.6) is 0 Å². The minimum atomic E-state index is -1.36. The minimum Gasteiger partial charge on any atom is -0.375 e. The molecule has 1 heterocycles. The van der Waals surface area contributed by atoms with Crippen molar-refractivity contribution >= 4 is 5.91 Å². The van der Waals surface area contributed by atoms with Gasteiger partial charge in [0.25, 0.3) is 5.91 Å². The maximum atomic E-state index is 13.6. The average Bonchev–Trinajstić information content (AvgIpc) is 3.20. The fourth-order valence-electron chi connectivity index (χ4n) is 5.86. The molecule has 3 aliphatic rings. The smallest absolute Gasteiger partial charge is 0.259 e.